The predicted octanol–water partition coefficient (Wildman–Crippen LogP) is 4.19. The Balaban J connectivity index is 1.59. The van der Waals surface area contributed by atoms with Gasteiger partial charge < -0.3 is 18.6 Å². The minimum absolute atomic E-state index is 0.0674. The van der Waals surface area contributed by atoms with Crippen molar-refractivity contribution in [2.45, 2.75) is 13.2 Å². The number of benzene rings is 2. The summed E-state index contributed by atoms with van der Waals surface area (Å²) in [5, 5.41) is 0. The van der Waals surface area contributed by atoms with Crippen molar-refractivity contribution in [3.63, 3.8) is 0 Å². The van der Waals surface area contributed by atoms with Gasteiger partial charge in [-0.15, -0.1) is 0 Å². The predicted molar refractivity (Wildman–Crippen MR) is 92.5 cm³/mol. The van der Waals surface area contributed by atoms with Gasteiger partial charge in [0.1, 0.15) is 12.1 Å². The van der Waals surface area contributed by atoms with Crippen molar-refractivity contribution in [3.8, 4) is 11.5 Å². The van der Waals surface area contributed by atoms with Crippen LogP contribution in [0.25, 0.3) is 17.2 Å². The first-order valence-corrected chi connectivity index (χ1v) is 7.87. The average molecular weight is 375 g/mol. The minimum Gasteiger partial charge on any atom is -0.493 e. The summed E-state index contributed by atoms with van der Waals surface area (Å²) >= 11 is 0. The lowest BCUT2D eigenvalue weighted by atomic mass is 10.2. The first-order valence-electron chi connectivity index (χ1n) is 7.87. The van der Waals surface area contributed by atoms with E-state index in [2.05, 4.69) is 9.72 Å². The Hall–Kier alpha value is -3.42. The summed E-state index contributed by atoms with van der Waals surface area (Å²) in [6.07, 6.45) is 2.60. The van der Waals surface area contributed by atoms with Crippen LogP contribution in [0.15, 0.2) is 53.0 Å². The second-order valence-electron chi connectivity index (χ2n) is 5.32. The van der Waals surface area contributed by atoms with Crippen LogP contribution in [-0.2, 0) is 16.1 Å². The summed E-state index contributed by atoms with van der Waals surface area (Å²) in [7, 11) is 1.33. The molecular formula is C19H15F2NO5. The van der Waals surface area contributed by atoms with Gasteiger partial charge in [0.2, 0.25) is 5.89 Å². The molecule has 8 heteroatoms. The zero-order valence-electron chi connectivity index (χ0n) is 14.2. The number of alkyl halides is 2. The Labute approximate surface area is 153 Å². The number of carbonyl (C=O) groups excluding carboxylic acids is 1. The van der Waals surface area contributed by atoms with Crippen molar-refractivity contribution < 1.29 is 32.2 Å². The van der Waals surface area contributed by atoms with Crippen molar-refractivity contribution in [1.29, 1.82) is 0 Å². The monoisotopic (exact) mass is 375 g/mol. The third kappa shape index (κ3) is 4.81. The summed E-state index contributed by atoms with van der Waals surface area (Å²) in [5.41, 5.74) is 1.85. The largest absolute Gasteiger partial charge is 0.493 e. The summed E-state index contributed by atoms with van der Waals surface area (Å²) in [5.74, 6) is -0.309. The first-order chi connectivity index (χ1) is 13.0. The second kappa shape index (κ2) is 8.31. The molecule has 2 aromatic carbocycles. The molecule has 3 aromatic rings. The molecule has 0 aliphatic rings. The number of aromatic nitrogens is 1. The molecule has 0 aliphatic carbocycles. The van der Waals surface area contributed by atoms with Crippen LogP contribution in [0.2, 0.25) is 0 Å². The van der Waals surface area contributed by atoms with E-state index in [4.69, 9.17) is 13.9 Å². The van der Waals surface area contributed by atoms with E-state index >= 15 is 0 Å². The lowest BCUT2D eigenvalue weighted by Gasteiger charge is -2.11. The van der Waals surface area contributed by atoms with E-state index in [0.29, 0.717) is 16.7 Å². The van der Waals surface area contributed by atoms with Gasteiger partial charge in [-0.3, -0.25) is 0 Å². The number of halogens is 2. The Bertz CT molecular complexity index is 935. The van der Waals surface area contributed by atoms with E-state index in [1.807, 2.05) is 12.1 Å². The van der Waals surface area contributed by atoms with Crippen molar-refractivity contribution >= 4 is 23.1 Å². The lowest BCUT2D eigenvalue weighted by molar-refractivity contribution is -0.138. The molecule has 27 heavy (non-hydrogen) atoms. The van der Waals surface area contributed by atoms with Gasteiger partial charge in [0, 0.05) is 12.2 Å². The standard InChI is InChI=1S/C19H15F2NO5/c1-24-16-10-12(6-7-15(16)27-19(20)21)11-25-18(23)9-8-17-22-13-4-2-3-5-14(13)26-17/h2-10,19H,11H2,1H3/b9-8+. The molecule has 0 N–H and O–H groups in total. The third-order valence-corrected chi connectivity index (χ3v) is 3.50. The molecule has 6 nitrogen and oxygen atoms in total. The van der Waals surface area contributed by atoms with E-state index in [1.54, 1.807) is 12.1 Å². The molecule has 0 spiro atoms. The van der Waals surface area contributed by atoms with E-state index in [-0.39, 0.29) is 24.0 Å². The highest BCUT2D eigenvalue weighted by Crippen LogP contribution is 2.29. The number of nitrogens with zero attached hydrogens (tertiary/aromatic N) is 1. The van der Waals surface area contributed by atoms with E-state index < -0.39 is 12.6 Å². The highest BCUT2D eigenvalue weighted by molar-refractivity contribution is 5.86. The van der Waals surface area contributed by atoms with Gasteiger partial charge in [0.25, 0.3) is 0 Å². The van der Waals surface area contributed by atoms with Crippen LogP contribution in [0.1, 0.15) is 11.5 Å². The SMILES string of the molecule is COc1cc(COC(=O)/C=C/c2nc3ccccc3o2)ccc1OC(F)F. The zero-order chi connectivity index (χ0) is 19.2. The van der Waals surface area contributed by atoms with Gasteiger partial charge in [-0.25, -0.2) is 9.78 Å². The summed E-state index contributed by atoms with van der Waals surface area (Å²) in [4.78, 5) is 16.0. The number of ether oxygens (including phenoxy) is 3. The van der Waals surface area contributed by atoms with Crippen molar-refractivity contribution in [3.05, 3.63) is 60.0 Å². The fourth-order valence-corrected chi connectivity index (χ4v) is 2.30. The molecule has 0 fully saturated rings. The number of hydrogen-bond acceptors (Lipinski definition) is 6. The van der Waals surface area contributed by atoms with Crippen LogP contribution in [0.5, 0.6) is 11.5 Å². The Kier molecular flexibility index (Phi) is 5.65. The van der Waals surface area contributed by atoms with E-state index in [9.17, 15) is 13.6 Å². The van der Waals surface area contributed by atoms with Crippen LogP contribution in [0, 0.1) is 0 Å². The average Bonchev–Trinajstić information content (AvgIpc) is 3.08. The maximum atomic E-state index is 12.3. The molecule has 1 aromatic heterocycles. The molecular weight excluding hydrogens is 360 g/mol. The van der Waals surface area contributed by atoms with Crippen molar-refractivity contribution in [2.75, 3.05) is 7.11 Å². The fourth-order valence-electron chi connectivity index (χ4n) is 2.30. The summed E-state index contributed by atoms with van der Waals surface area (Å²) in [6.45, 7) is -3.03. The minimum atomic E-state index is -2.96. The van der Waals surface area contributed by atoms with Gasteiger partial charge in [-0.1, -0.05) is 18.2 Å². The van der Waals surface area contributed by atoms with Crippen LogP contribution in [0.4, 0.5) is 8.78 Å². The van der Waals surface area contributed by atoms with Gasteiger partial charge in [0.15, 0.2) is 17.1 Å². The van der Waals surface area contributed by atoms with Gasteiger partial charge >= 0.3 is 12.6 Å². The van der Waals surface area contributed by atoms with Crippen LogP contribution in [-0.4, -0.2) is 24.7 Å². The Morgan fingerprint density at radius 2 is 2.04 bits per heavy atom. The Morgan fingerprint density at radius 1 is 1.22 bits per heavy atom. The number of para-hydroxylation sites is 2. The van der Waals surface area contributed by atoms with Crippen molar-refractivity contribution in [2.24, 2.45) is 0 Å². The molecule has 0 atom stereocenters. The molecule has 0 saturated heterocycles. The number of carbonyl (C=O) groups is 1. The van der Waals surface area contributed by atoms with Gasteiger partial charge in [0.05, 0.1) is 7.11 Å². The highest BCUT2D eigenvalue weighted by atomic mass is 19.3. The second-order valence-corrected chi connectivity index (χ2v) is 5.32. The quantitative estimate of drug-likeness (QED) is 0.455. The molecule has 0 unspecified atom stereocenters. The van der Waals surface area contributed by atoms with Crippen LogP contribution < -0.4 is 9.47 Å². The molecule has 3 rings (SSSR count). The molecule has 0 saturated carbocycles. The number of rotatable bonds is 7. The lowest BCUT2D eigenvalue weighted by Crippen LogP contribution is -2.05. The Morgan fingerprint density at radius 3 is 2.78 bits per heavy atom. The topological polar surface area (TPSA) is 70.8 Å². The maximum Gasteiger partial charge on any atom is 0.387 e. The number of esters is 1. The molecule has 1 heterocycles. The maximum absolute atomic E-state index is 12.3. The number of oxazole rings is 1. The molecule has 0 bridgehead atoms. The molecule has 0 radical (unpaired) electrons. The van der Waals surface area contributed by atoms with Crippen molar-refractivity contribution in [1.82, 2.24) is 4.98 Å². The number of fused-ring (bicyclic) bond motifs is 1. The number of methoxy groups -OCH3 is 1. The van der Waals surface area contributed by atoms with Gasteiger partial charge in [-0.05, 0) is 29.8 Å². The smallest absolute Gasteiger partial charge is 0.387 e. The molecule has 0 amide bonds. The molecule has 140 valence electrons. The summed E-state index contributed by atoms with van der Waals surface area (Å²) in [6, 6.07) is 11.5. The normalized spacial score (nSPS) is 11.3. The fraction of sp³-hybridized carbons (Fsp3) is 0.158. The van der Waals surface area contributed by atoms with Gasteiger partial charge in [-0.2, -0.15) is 8.78 Å². The van der Waals surface area contributed by atoms with E-state index in [0.717, 1.165) is 0 Å². The first kappa shape index (κ1) is 18.4. The third-order valence-electron chi connectivity index (χ3n) is 3.50. The van der Waals surface area contributed by atoms with E-state index in [1.165, 1.54) is 37.5 Å². The molecule has 0 aliphatic heterocycles. The highest BCUT2D eigenvalue weighted by Gasteiger charge is 2.11. The summed E-state index contributed by atoms with van der Waals surface area (Å²) < 4.78 is 44.5. The van der Waals surface area contributed by atoms with Crippen LogP contribution in [0.3, 0.4) is 0 Å². The zero-order valence-corrected chi connectivity index (χ0v) is 14.2. The van der Waals surface area contributed by atoms with Crippen LogP contribution >= 0.6 is 0 Å². The number of hydrogen-bond donors (Lipinski definition) is 0.